The number of para-hydroxylation sites is 1. The normalized spacial score (nSPS) is 18.6. The summed E-state index contributed by atoms with van der Waals surface area (Å²) in [6.45, 7) is 3.16. The Labute approximate surface area is 180 Å². The first kappa shape index (κ1) is 20.7. The molecular weight excluding hydrogens is 396 g/mol. The second-order valence-corrected chi connectivity index (χ2v) is 7.67. The van der Waals surface area contributed by atoms with Crippen LogP contribution in [0.25, 0.3) is 0 Å². The van der Waals surface area contributed by atoms with E-state index >= 15 is 0 Å². The Hall–Kier alpha value is -3.55. The van der Waals surface area contributed by atoms with Crippen molar-refractivity contribution in [2.45, 2.75) is 32.0 Å². The molecule has 0 unspecified atom stereocenters. The van der Waals surface area contributed by atoms with Gasteiger partial charge in [-0.15, -0.1) is 0 Å². The second-order valence-electron chi connectivity index (χ2n) is 7.67. The highest BCUT2D eigenvalue weighted by Gasteiger charge is 2.42. The van der Waals surface area contributed by atoms with Crippen LogP contribution >= 0.6 is 0 Å². The number of carbonyl (C=O) groups excluding carboxylic acids is 3. The summed E-state index contributed by atoms with van der Waals surface area (Å²) in [7, 11) is 0. The number of nitrogens with two attached hydrogens (primary N) is 1. The first-order chi connectivity index (χ1) is 15.0. The topological polar surface area (TPSA) is 105 Å². The Balaban J connectivity index is 1.61. The van der Waals surface area contributed by atoms with Crippen molar-refractivity contribution in [2.75, 3.05) is 25.0 Å². The summed E-state index contributed by atoms with van der Waals surface area (Å²) in [5.74, 6) is -0.589. The minimum Gasteiger partial charge on any atom is -0.450 e. The number of nitrogens with one attached hydrogen (secondary N) is 1. The highest BCUT2D eigenvalue weighted by Crippen LogP contribution is 2.38. The number of hydrogen-bond donors (Lipinski definition) is 2. The van der Waals surface area contributed by atoms with Crippen molar-refractivity contribution in [2.24, 2.45) is 5.73 Å². The predicted octanol–water partition coefficient (Wildman–Crippen LogP) is 2.97. The van der Waals surface area contributed by atoms with E-state index in [1.807, 2.05) is 35.2 Å². The molecule has 0 saturated carbocycles. The monoisotopic (exact) mass is 422 g/mol. The smallest absolute Gasteiger partial charge is 0.409 e. The summed E-state index contributed by atoms with van der Waals surface area (Å²) in [5, 5.41) is 3.38. The number of primary amides is 1. The molecule has 4 rings (SSSR count). The molecule has 0 aromatic heterocycles. The molecule has 2 heterocycles. The van der Waals surface area contributed by atoms with Crippen LogP contribution in [0.3, 0.4) is 0 Å². The van der Waals surface area contributed by atoms with E-state index < -0.39 is 12.1 Å². The van der Waals surface area contributed by atoms with Crippen molar-refractivity contribution in [3.63, 3.8) is 0 Å². The van der Waals surface area contributed by atoms with Gasteiger partial charge in [0.15, 0.2) is 0 Å². The van der Waals surface area contributed by atoms with Crippen LogP contribution in [-0.4, -0.2) is 53.4 Å². The standard InChI is InChI=1S/C23H26N4O4/c1-2-31-23(30)26-13-11-15(12-14-26)27-21(16-7-3-4-8-17(16)22(27)29)25-19-10-6-5-9-18(19)20(24)28/h3-10,15,21,25H,2,11-14H2,1H3,(H2,24,28)/t21-/m1/s1. The maximum Gasteiger partial charge on any atom is 0.409 e. The van der Waals surface area contributed by atoms with Gasteiger partial charge in [0.2, 0.25) is 0 Å². The minimum absolute atomic E-state index is 0.0520. The molecule has 1 atom stereocenters. The van der Waals surface area contributed by atoms with Gasteiger partial charge in [-0.25, -0.2) is 4.79 Å². The van der Waals surface area contributed by atoms with Gasteiger partial charge in [0.05, 0.1) is 12.2 Å². The third-order valence-corrected chi connectivity index (χ3v) is 5.87. The average molecular weight is 422 g/mol. The van der Waals surface area contributed by atoms with Gasteiger partial charge >= 0.3 is 6.09 Å². The van der Waals surface area contributed by atoms with Crippen molar-refractivity contribution in [1.29, 1.82) is 0 Å². The lowest BCUT2D eigenvalue weighted by atomic mass is 10.0. The molecule has 2 aromatic carbocycles. The van der Waals surface area contributed by atoms with Crippen LogP contribution in [0.5, 0.6) is 0 Å². The third-order valence-electron chi connectivity index (χ3n) is 5.87. The number of amides is 3. The summed E-state index contributed by atoms with van der Waals surface area (Å²) in [4.78, 5) is 40.8. The number of nitrogens with zero attached hydrogens (tertiary/aromatic N) is 2. The number of likely N-dealkylation sites (tertiary alicyclic amines) is 1. The molecule has 1 saturated heterocycles. The highest BCUT2D eigenvalue weighted by molar-refractivity contribution is 6.01. The van der Waals surface area contributed by atoms with Gasteiger partial charge in [0, 0.05) is 35.9 Å². The SMILES string of the molecule is CCOC(=O)N1CCC(N2C(=O)c3ccccc3[C@@H]2Nc2ccccc2C(N)=O)CC1. The minimum atomic E-state index is -0.532. The van der Waals surface area contributed by atoms with Crippen LogP contribution in [0.1, 0.15) is 52.2 Å². The molecule has 2 aliphatic heterocycles. The molecule has 2 aromatic rings. The molecule has 162 valence electrons. The Morgan fingerprint density at radius 1 is 1.10 bits per heavy atom. The molecule has 0 radical (unpaired) electrons. The summed E-state index contributed by atoms with van der Waals surface area (Å²) in [6.07, 6.45) is 0.549. The van der Waals surface area contributed by atoms with E-state index in [9.17, 15) is 14.4 Å². The lowest BCUT2D eigenvalue weighted by molar-refractivity contribution is 0.0496. The molecule has 0 aliphatic carbocycles. The Morgan fingerprint density at radius 2 is 1.77 bits per heavy atom. The van der Waals surface area contributed by atoms with Crippen molar-refractivity contribution in [1.82, 2.24) is 9.80 Å². The van der Waals surface area contributed by atoms with Crippen molar-refractivity contribution < 1.29 is 19.1 Å². The van der Waals surface area contributed by atoms with Crippen LogP contribution in [0.2, 0.25) is 0 Å². The quantitative estimate of drug-likeness (QED) is 0.771. The highest BCUT2D eigenvalue weighted by atomic mass is 16.6. The van der Waals surface area contributed by atoms with Gasteiger partial charge in [-0.2, -0.15) is 0 Å². The van der Waals surface area contributed by atoms with Gasteiger partial charge in [-0.05, 0) is 38.0 Å². The zero-order valence-electron chi connectivity index (χ0n) is 17.4. The Morgan fingerprint density at radius 3 is 2.48 bits per heavy atom. The molecule has 0 spiro atoms. The van der Waals surface area contributed by atoms with Crippen molar-refractivity contribution >= 4 is 23.6 Å². The van der Waals surface area contributed by atoms with Gasteiger partial charge in [0.1, 0.15) is 6.17 Å². The average Bonchev–Trinajstić information content (AvgIpc) is 3.06. The van der Waals surface area contributed by atoms with Crippen LogP contribution in [0, 0.1) is 0 Å². The lowest BCUT2D eigenvalue weighted by Crippen LogP contribution is -2.49. The molecule has 0 bridgehead atoms. The predicted molar refractivity (Wildman–Crippen MR) is 116 cm³/mol. The number of ether oxygens (including phenoxy) is 1. The fraction of sp³-hybridized carbons (Fsp3) is 0.348. The Kier molecular flexibility index (Phi) is 5.79. The number of carbonyl (C=O) groups is 3. The first-order valence-corrected chi connectivity index (χ1v) is 10.5. The third kappa shape index (κ3) is 3.93. The van der Waals surface area contributed by atoms with Crippen molar-refractivity contribution in [3.8, 4) is 0 Å². The molecule has 3 N–H and O–H groups in total. The summed E-state index contributed by atoms with van der Waals surface area (Å²) in [5.41, 5.74) is 8.00. The van der Waals surface area contributed by atoms with Gasteiger partial charge in [0.25, 0.3) is 11.8 Å². The molecule has 8 nitrogen and oxygen atoms in total. The van der Waals surface area contributed by atoms with Crippen LogP contribution in [-0.2, 0) is 4.74 Å². The van der Waals surface area contributed by atoms with Crippen LogP contribution in [0.4, 0.5) is 10.5 Å². The lowest BCUT2D eigenvalue weighted by Gasteiger charge is -2.39. The summed E-state index contributed by atoms with van der Waals surface area (Å²) in [6, 6.07) is 14.4. The van der Waals surface area contributed by atoms with E-state index in [0.717, 1.165) is 5.56 Å². The van der Waals surface area contributed by atoms with E-state index in [0.29, 0.717) is 49.4 Å². The number of piperidine rings is 1. The van der Waals surface area contributed by atoms with Gasteiger partial charge in [-0.1, -0.05) is 30.3 Å². The Bertz CT molecular complexity index is 1000. The molecule has 1 fully saturated rings. The molecule has 3 amide bonds. The fourth-order valence-electron chi connectivity index (χ4n) is 4.37. The second kappa shape index (κ2) is 8.67. The zero-order valence-corrected chi connectivity index (χ0v) is 17.4. The van der Waals surface area contributed by atoms with Gasteiger partial charge in [-0.3, -0.25) is 9.59 Å². The van der Waals surface area contributed by atoms with E-state index in [1.165, 1.54) is 0 Å². The fourth-order valence-corrected chi connectivity index (χ4v) is 4.37. The van der Waals surface area contributed by atoms with E-state index in [-0.39, 0.29) is 18.0 Å². The number of rotatable bonds is 5. The maximum atomic E-state index is 13.3. The maximum absolute atomic E-state index is 13.3. The zero-order chi connectivity index (χ0) is 22.0. The number of anilines is 1. The van der Waals surface area contributed by atoms with Crippen LogP contribution in [0.15, 0.2) is 48.5 Å². The van der Waals surface area contributed by atoms with E-state index in [2.05, 4.69) is 5.32 Å². The molecular formula is C23H26N4O4. The van der Waals surface area contributed by atoms with E-state index in [1.54, 1.807) is 30.0 Å². The van der Waals surface area contributed by atoms with Gasteiger partial charge < -0.3 is 25.6 Å². The molecule has 2 aliphatic rings. The molecule has 8 heteroatoms. The molecule has 31 heavy (non-hydrogen) atoms. The van der Waals surface area contributed by atoms with Crippen LogP contribution < -0.4 is 11.1 Å². The number of benzene rings is 2. The number of fused-ring (bicyclic) bond motifs is 1. The largest absolute Gasteiger partial charge is 0.450 e. The first-order valence-electron chi connectivity index (χ1n) is 10.5. The van der Waals surface area contributed by atoms with Crippen molar-refractivity contribution in [3.05, 3.63) is 65.2 Å². The number of hydrogen-bond acceptors (Lipinski definition) is 5. The van der Waals surface area contributed by atoms with E-state index in [4.69, 9.17) is 10.5 Å². The summed E-state index contributed by atoms with van der Waals surface area (Å²) < 4.78 is 5.10. The summed E-state index contributed by atoms with van der Waals surface area (Å²) >= 11 is 0.